The molecule has 0 aromatic rings. The van der Waals surface area contributed by atoms with E-state index in [-0.39, 0.29) is 0 Å². The average Bonchev–Trinajstić information content (AvgIpc) is 2.49. The third kappa shape index (κ3) is 3.39. The number of hydrogen-bond acceptors (Lipinski definition) is 2. The van der Waals surface area contributed by atoms with Crippen molar-refractivity contribution in [1.29, 1.82) is 0 Å². The number of thioether (sulfide) groups is 1. The van der Waals surface area contributed by atoms with E-state index in [0.717, 1.165) is 11.2 Å². The Bertz CT molecular complexity index is 191. The quantitative estimate of drug-likeness (QED) is 0.774. The van der Waals surface area contributed by atoms with Gasteiger partial charge in [-0.25, -0.2) is 0 Å². The van der Waals surface area contributed by atoms with Crippen molar-refractivity contribution >= 4 is 11.8 Å². The molecular weight excluding hydrogens is 202 g/mol. The highest BCUT2D eigenvalue weighted by Crippen LogP contribution is 2.43. The zero-order valence-corrected chi connectivity index (χ0v) is 11.8. The lowest BCUT2D eigenvalue weighted by molar-refractivity contribution is 0.300. The van der Waals surface area contributed by atoms with Crippen LogP contribution in [-0.4, -0.2) is 24.1 Å². The van der Waals surface area contributed by atoms with Crippen molar-refractivity contribution in [2.75, 3.05) is 12.8 Å². The molecule has 90 valence electrons. The molecular formula is C13H27NS. The molecule has 1 N–H and O–H groups in total. The summed E-state index contributed by atoms with van der Waals surface area (Å²) in [4.78, 5) is 0. The van der Waals surface area contributed by atoms with Gasteiger partial charge < -0.3 is 5.32 Å². The Balaban J connectivity index is 2.42. The van der Waals surface area contributed by atoms with Crippen molar-refractivity contribution < 1.29 is 0 Å². The van der Waals surface area contributed by atoms with E-state index in [1.54, 1.807) is 0 Å². The molecule has 0 radical (unpaired) electrons. The van der Waals surface area contributed by atoms with E-state index in [1.807, 2.05) is 0 Å². The summed E-state index contributed by atoms with van der Waals surface area (Å²) in [7, 11) is 2.12. The van der Waals surface area contributed by atoms with E-state index in [1.165, 1.54) is 25.0 Å². The van der Waals surface area contributed by atoms with Crippen LogP contribution >= 0.6 is 11.8 Å². The van der Waals surface area contributed by atoms with Crippen LogP contribution < -0.4 is 5.32 Å². The molecule has 1 aliphatic rings. The molecule has 1 nitrogen and oxygen atoms in total. The fourth-order valence-electron chi connectivity index (χ4n) is 2.50. The molecule has 0 heterocycles. The molecule has 0 aliphatic heterocycles. The first-order valence-electron chi connectivity index (χ1n) is 6.30. The van der Waals surface area contributed by atoms with E-state index in [0.29, 0.717) is 11.5 Å². The van der Waals surface area contributed by atoms with Gasteiger partial charge in [0.1, 0.15) is 0 Å². The maximum atomic E-state index is 3.53. The summed E-state index contributed by atoms with van der Waals surface area (Å²) in [5.41, 5.74) is 0.488. The minimum Gasteiger partial charge on any atom is -0.315 e. The zero-order valence-electron chi connectivity index (χ0n) is 11.0. The molecule has 2 heteroatoms. The van der Waals surface area contributed by atoms with E-state index in [9.17, 15) is 0 Å². The predicted molar refractivity (Wildman–Crippen MR) is 71.6 cm³/mol. The SMILES string of the molecule is CCC(C)CSC1CCC(C)(C)C1NC. The molecule has 1 saturated carbocycles. The highest BCUT2D eigenvalue weighted by Gasteiger charge is 2.40. The molecule has 1 aliphatic carbocycles. The van der Waals surface area contributed by atoms with Crippen LogP contribution in [0.3, 0.4) is 0 Å². The van der Waals surface area contributed by atoms with Crippen LogP contribution in [0, 0.1) is 11.3 Å². The number of hydrogen-bond donors (Lipinski definition) is 1. The Hall–Kier alpha value is 0.310. The van der Waals surface area contributed by atoms with E-state index in [4.69, 9.17) is 0 Å². The molecule has 0 aromatic carbocycles. The molecule has 3 unspecified atom stereocenters. The van der Waals surface area contributed by atoms with Crippen molar-refractivity contribution in [3.05, 3.63) is 0 Å². The summed E-state index contributed by atoms with van der Waals surface area (Å²) < 4.78 is 0. The monoisotopic (exact) mass is 229 g/mol. The molecule has 0 bridgehead atoms. The maximum absolute atomic E-state index is 3.53. The standard InChI is InChI=1S/C13H27NS/c1-6-10(2)9-15-11-7-8-13(3,4)12(11)14-5/h10-12,14H,6-9H2,1-5H3. The molecule has 1 fully saturated rings. The van der Waals surface area contributed by atoms with Crippen molar-refractivity contribution in [2.45, 2.75) is 58.2 Å². The van der Waals surface area contributed by atoms with Crippen LogP contribution in [0.5, 0.6) is 0 Å². The molecule has 0 amide bonds. The second-order valence-corrected chi connectivity index (χ2v) is 6.95. The van der Waals surface area contributed by atoms with Crippen LogP contribution in [0.1, 0.15) is 47.0 Å². The Morgan fingerprint density at radius 2 is 2.13 bits per heavy atom. The molecule has 1 rings (SSSR count). The summed E-state index contributed by atoms with van der Waals surface area (Å²) >= 11 is 2.19. The fraction of sp³-hybridized carbons (Fsp3) is 1.00. The van der Waals surface area contributed by atoms with Gasteiger partial charge in [-0.15, -0.1) is 0 Å². The first-order chi connectivity index (χ1) is 7.01. The number of nitrogens with one attached hydrogen (secondary N) is 1. The van der Waals surface area contributed by atoms with Gasteiger partial charge in [0.05, 0.1) is 0 Å². The smallest absolute Gasteiger partial charge is 0.0234 e. The van der Waals surface area contributed by atoms with Crippen LogP contribution in [0.4, 0.5) is 0 Å². The van der Waals surface area contributed by atoms with Gasteiger partial charge in [-0.1, -0.05) is 34.1 Å². The molecule has 3 atom stereocenters. The Labute approximate surface area is 99.8 Å². The predicted octanol–water partition coefficient (Wildman–Crippen LogP) is 3.54. The third-order valence-corrected chi connectivity index (χ3v) is 5.59. The second kappa shape index (κ2) is 5.58. The third-order valence-electron chi connectivity index (χ3n) is 3.89. The first kappa shape index (κ1) is 13.4. The van der Waals surface area contributed by atoms with Crippen molar-refractivity contribution in [3.63, 3.8) is 0 Å². The molecule has 0 aromatic heterocycles. The van der Waals surface area contributed by atoms with Crippen molar-refractivity contribution in [3.8, 4) is 0 Å². The lowest BCUT2D eigenvalue weighted by Crippen LogP contribution is -2.41. The minimum absolute atomic E-state index is 0.488. The minimum atomic E-state index is 0.488. The summed E-state index contributed by atoms with van der Waals surface area (Å²) in [6, 6.07) is 0.701. The van der Waals surface area contributed by atoms with Crippen LogP contribution in [0.2, 0.25) is 0 Å². The first-order valence-corrected chi connectivity index (χ1v) is 7.35. The highest BCUT2D eigenvalue weighted by atomic mass is 32.2. The average molecular weight is 229 g/mol. The maximum Gasteiger partial charge on any atom is 0.0234 e. The van der Waals surface area contributed by atoms with Gasteiger partial charge in [0, 0.05) is 11.3 Å². The van der Waals surface area contributed by atoms with Gasteiger partial charge >= 0.3 is 0 Å². The summed E-state index contributed by atoms with van der Waals surface area (Å²) in [5.74, 6) is 2.20. The van der Waals surface area contributed by atoms with Crippen molar-refractivity contribution in [2.24, 2.45) is 11.3 Å². The lowest BCUT2D eigenvalue weighted by Gasteiger charge is -2.30. The van der Waals surface area contributed by atoms with Crippen LogP contribution in [0.25, 0.3) is 0 Å². The van der Waals surface area contributed by atoms with Gasteiger partial charge in [-0.2, -0.15) is 11.8 Å². The Kier molecular flexibility index (Phi) is 4.98. The summed E-state index contributed by atoms with van der Waals surface area (Å²) in [6.07, 6.45) is 4.07. The largest absolute Gasteiger partial charge is 0.315 e. The lowest BCUT2D eigenvalue weighted by atomic mass is 9.87. The zero-order chi connectivity index (χ0) is 11.5. The highest BCUT2D eigenvalue weighted by molar-refractivity contribution is 7.99. The fourth-order valence-corrected chi connectivity index (χ4v) is 4.29. The second-order valence-electron chi connectivity index (χ2n) is 5.68. The van der Waals surface area contributed by atoms with Gasteiger partial charge in [-0.3, -0.25) is 0 Å². The number of rotatable bonds is 5. The molecule has 0 saturated heterocycles. The normalized spacial score (nSPS) is 31.8. The van der Waals surface area contributed by atoms with E-state index >= 15 is 0 Å². The van der Waals surface area contributed by atoms with Crippen LogP contribution in [0.15, 0.2) is 0 Å². The van der Waals surface area contributed by atoms with E-state index in [2.05, 4.69) is 51.8 Å². The Morgan fingerprint density at radius 1 is 1.47 bits per heavy atom. The summed E-state index contributed by atoms with van der Waals surface area (Å²) in [6.45, 7) is 9.46. The Morgan fingerprint density at radius 3 is 2.67 bits per heavy atom. The van der Waals surface area contributed by atoms with Gasteiger partial charge in [0.25, 0.3) is 0 Å². The van der Waals surface area contributed by atoms with E-state index < -0.39 is 0 Å². The molecule has 0 spiro atoms. The molecule has 15 heavy (non-hydrogen) atoms. The van der Waals surface area contributed by atoms with Crippen molar-refractivity contribution in [1.82, 2.24) is 5.32 Å². The topological polar surface area (TPSA) is 12.0 Å². The van der Waals surface area contributed by atoms with Crippen LogP contribution in [-0.2, 0) is 0 Å². The van der Waals surface area contributed by atoms with Gasteiger partial charge in [0.15, 0.2) is 0 Å². The van der Waals surface area contributed by atoms with Gasteiger partial charge in [0.2, 0.25) is 0 Å². The summed E-state index contributed by atoms with van der Waals surface area (Å²) in [5, 5.41) is 4.36. The van der Waals surface area contributed by atoms with Gasteiger partial charge in [-0.05, 0) is 37.0 Å².